The van der Waals surface area contributed by atoms with Crippen molar-refractivity contribution < 1.29 is 4.79 Å². The van der Waals surface area contributed by atoms with Gasteiger partial charge in [0.15, 0.2) is 5.13 Å². The van der Waals surface area contributed by atoms with Crippen molar-refractivity contribution in [3.8, 4) is 0 Å². The minimum absolute atomic E-state index is 0.128. The molecule has 5 nitrogen and oxygen atoms in total. The summed E-state index contributed by atoms with van der Waals surface area (Å²) in [6.45, 7) is 1.81. The molecule has 0 spiro atoms. The SMILES string of the molecule is CC(C(=O)Nc1nc2c(ccc3ccccc32)s1)n1cccn1. The number of carbonyl (C=O) groups excluding carboxylic acids is 1. The van der Waals surface area contributed by atoms with Gasteiger partial charge in [0.2, 0.25) is 0 Å². The zero-order valence-electron chi connectivity index (χ0n) is 12.4. The lowest BCUT2D eigenvalue weighted by Gasteiger charge is -2.10. The van der Waals surface area contributed by atoms with Crippen LogP contribution in [-0.4, -0.2) is 20.7 Å². The average molecular weight is 322 g/mol. The first-order valence-corrected chi connectivity index (χ1v) is 8.12. The van der Waals surface area contributed by atoms with Gasteiger partial charge < -0.3 is 5.32 Å². The summed E-state index contributed by atoms with van der Waals surface area (Å²) in [6, 6.07) is 13.7. The van der Waals surface area contributed by atoms with Crippen molar-refractivity contribution >= 4 is 43.4 Å². The van der Waals surface area contributed by atoms with Crippen LogP contribution in [0.25, 0.3) is 21.0 Å². The Labute approximate surface area is 136 Å². The van der Waals surface area contributed by atoms with Gasteiger partial charge in [-0.15, -0.1) is 0 Å². The fourth-order valence-corrected chi connectivity index (χ4v) is 3.44. The molecule has 1 N–H and O–H groups in total. The van der Waals surface area contributed by atoms with E-state index in [2.05, 4.69) is 33.6 Å². The molecule has 0 aliphatic carbocycles. The number of aromatic nitrogens is 3. The van der Waals surface area contributed by atoms with Crippen molar-refractivity contribution in [1.82, 2.24) is 14.8 Å². The number of benzene rings is 2. The molecule has 2 heterocycles. The highest BCUT2D eigenvalue weighted by Gasteiger charge is 2.17. The number of hydrogen-bond acceptors (Lipinski definition) is 4. The van der Waals surface area contributed by atoms with E-state index in [4.69, 9.17) is 0 Å². The van der Waals surface area contributed by atoms with Gasteiger partial charge >= 0.3 is 0 Å². The van der Waals surface area contributed by atoms with Crippen molar-refractivity contribution in [2.75, 3.05) is 5.32 Å². The topological polar surface area (TPSA) is 59.8 Å². The van der Waals surface area contributed by atoms with Gasteiger partial charge in [-0.2, -0.15) is 5.10 Å². The molecule has 2 aromatic carbocycles. The fraction of sp³-hybridized carbons (Fsp3) is 0.118. The Morgan fingerprint density at radius 3 is 2.91 bits per heavy atom. The predicted molar refractivity (Wildman–Crippen MR) is 92.7 cm³/mol. The molecule has 1 amide bonds. The summed E-state index contributed by atoms with van der Waals surface area (Å²) >= 11 is 1.48. The number of anilines is 1. The van der Waals surface area contributed by atoms with E-state index in [9.17, 15) is 4.79 Å². The highest BCUT2D eigenvalue weighted by molar-refractivity contribution is 7.22. The second-order valence-electron chi connectivity index (χ2n) is 5.30. The van der Waals surface area contributed by atoms with E-state index in [0.717, 1.165) is 21.0 Å². The van der Waals surface area contributed by atoms with Crippen LogP contribution in [0.5, 0.6) is 0 Å². The maximum absolute atomic E-state index is 12.3. The molecule has 4 rings (SSSR count). The van der Waals surface area contributed by atoms with Gasteiger partial charge in [0.1, 0.15) is 6.04 Å². The predicted octanol–water partition coefficient (Wildman–Crippen LogP) is 3.85. The van der Waals surface area contributed by atoms with E-state index >= 15 is 0 Å². The average Bonchev–Trinajstić information content (AvgIpc) is 3.23. The molecule has 2 aromatic heterocycles. The summed E-state index contributed by atoms with van der Waals surface area (Å²) in [6.07, 6.45) is 3.43. The zero-order chi connectivity index (χ0) is 15.8. The molecule has 0 aliphatic rings. The molecule has 1 unspecified atom stereocenters. The van der Waals surface area contributed by atoms with Crippen LogP contribution in [0.3, 0.4) is 0 Å². The summed E-state index contributed by atoms with van der Waals surface area (Å²) in [5, 5.41) is 9.85. The van der Waals surface area contributed by atoms with Crippen LogP contribution in [0, 0.1) is 0 Å². The summed E-state index contributed by atoms with van der Waals surface area (Å²) in [5.74, 6) is -0.128. The number of nitrogens with zero attached hydrogens (tertiary/aromatic N) is 3. The first-order valence-electron chi connectivity index (χ1n) is 7.30. The highest BCUT2D eigenvalue weighted by atomic mass is 32.1. The Balaban J connectivity index is 1.67. The van der Waals surface area contributed by atoms with E-state index in [0.29, 0.717) is 5.13 Å². The van der Waals surface area contributed by atoms with Crippen LogP contribution in [0.1, 0.15) is 13.0 Å². The van der Waals surface area contributed by atoms with Crippen molar-refractivity contribution in [1.29, 1.82) is 0 Å². The lowest BCUT2D eigenvalue weighted by Crippen LogP contribution is -2.23. The van der Waals surface area contributed by atoms with Gasteiger partial charge in [-0.3, -0.25) is 9.48 Å². The number of nitrogens with one attached hydrogen (secondary N) is 1. The van der Waals surface area contributed by atoms with Crippen molar-refractivity contribution in [2.45, 2.75) is 13.0 Å². The number of fused-ring (bicyclic) bond motifs is 3. The van der Waals surface area contributed by atoms with E-state index in [-0.39, 0.29) is 11.9 Å². The monoisotopic (exact) mass is 322 g/mol. The van der Waals surface area contributed by atoms with E-state index in [1.54, 1.807) is 23.1 Å². The lowest BCUT2D eigenvalue weighted by molar-refractivity contribution is -0.119. The van der Waals surface area contributed by atoms with Crippen LogP contribution in [0.4, 0.5) is 5.13 Å². The molecule has 4 aromatic rings. The van der Waals surface area contributed by atoms with Crippen molar-refractivity contribution in [3.63, 3.8) is 0 Å². The van der Waals surface area contributed by atoms with Crippen LogP contribution in [0.2, 0.25) is 0 Å². The lowest BCUT2D eigenvalue weighted by atomic mass is 10.1. The Morgan fingerprint density at radius 2 is 2.09 bits per heavy atom. The number of rotatable bonds is 3. The number of carbonyl (C=O) groups is 1. The van der Waals surface area contributed by atoms with Crippen LogP contribution >= 0.6 is 11.3 Å². The summed E-state index contributed by atoms with van der Waals surface area (Å²) in [7, 11) is 0. The Hall–Kier alpha value is -2.73. The van der Waals surface area contributed by atoms with Crippen LogP contribution < -0.4 is 5.32 Å². The Bertz CT molecular complexity index is 990. The molecular weight excluding hydrogens is 308 g/mol. The van der Waals surface area contributed by atoms with Gasteiger partial charge in [0, 0.05) is 17.8 Å². The molecule has 0 bridgehead atoms. The second kappa shape index (κ2) is 5.48. The molecule has 6 heteroatoms. The van der Waals surface area contributed by atoms with Gasteiger partial charge in [-0.1, -0.05) is 41.7 Å². The summed E-state index contributed by atoms with van der Waals surface area (Å²) in [4.78, 5) is 16.9. The second-order valence-corrected chi connectivity index (χ2v) is 6.33. The molecule has 0 saturated heterocycles. The minimum Gasteiger partial charge on any atom is -0.300 e. The third-order valence-corrected chi connectivity index (χ3v) is 4.75. The molecule has 0 fully saturated rings. The standard InChI is InChI=1S/C17H14N4OS/c1-11(21-10-4-9-18-21)16(22)20-17-19-15-13-6-3-2-5-12(13)7-8-14(15)23-17/h2-11H,1H3,(H,19,20,22). The minimum atomic E-state index is -0.381. The van der Waals surface area contributed by atoms with Gasteiger partial charge in [-0.25, -0.2) is 4.98 Å². The van der Waals surface area contributed by atoms with Crippen molar-refractivity contribution in [3.05, 3.63) is 54.9 Å². The smallest absolute Gasteiger partial charge is 0.250 e. The summed E-state index contributed by atoms with van der Waals surface area (Å²) in [5.41, 5.74) is 0.926. The fourth-order valence-electron chi connectivity index (χ4n) is 2.55. The Morgan fingerprint density at radius 1 is 1.22 bits per heavy atom. The largest absolute Gasteiger partial charge is 0.300 e. The van der Waals surface area contributed by atoms with E-state index < -0.39 is 0 Å². The molecule has 114 valence electrons. The maximum atomic E-state index is 12.3. The first kappa shape index (κ1) is 13.9. The zero-order valence-corrected chi connectivity index (χ0v) is 13.2. The maximum Gasteiger partial charge on any atom is 0.250 e. The van der Waals surface area contributed by atoms with E-state index in [1.165, 1.54) is 11.3 Å². The summed E-state index contributed by atoms with van der Waals surface area (Å²) < 4.78 is 2.68. The molecule has 0 saturated carbocycles. The van der Waals surface area contributed by atoms with Crippen molar-refractivity contribution in [2.24, 2.45) is 0 Å². The highest BCUT2D eigenvalue weighted by Crippen LogP contribution is 2.31. The number of amides is 1. The quantitative estimate of drug-likeness (QED) is 0.623. The van der Waals surface area contributed by atoms with Gasteiger partial charge in [0.25, 0.3) is 5.91 Å². The Kier molecular flexibility index (Phi) is 3.31. The third kappa shape index (κ3) is 2.47. The van der Waals surface area contributed by atoms with Crippen LogP contribution in [0.15, 0.2) is 54.9 Å². The number of hydrogen-bond donors (Lipinski definition) is 1. The van der Waals surface area contributed by atoms with E-state index in [1.807, 2.05) is 25.1 Å². The van der Waals surface area contributed by atoms with Gasteiger partial charge in [-0.05, 0) is 24.4 Å². The number of thiazole rings is 1. The first-order chi connectivity index (χ1) is 11.2. The molecule has 0 aliphatic heterocycles. The third-order valence-electron chi connectivity index (χ3n) is 3.81. The van der Waals surface area contributed by atoms with Crippen LogP contribution in [-0.2, 0) is 4.79 Å². The van der Waals surface area contributed by atoms with Gasteiger partial charge in [0.05, 0.1) is 10.2 Å². The molecule has 23 heavy (non-hydrogen) atoms. The molecular formula is C17H14N4OS. The normalized spacial score (nSPS) is 12.6. The molecule has 0 radical (unpaired) electrons. The molecule has 1 atom stereocenters.